The fraction of sp³-hybridized carbons (Fsp3) is 0.929. The summed E-state index contributed by atoms with van der Waals surface area (Å²) in [5.41, 5.74) is 5.04. The number of likely N-dealkylation sites (tertiary alicyclic amines) is 1. The first-order chi connectivity index (χ1) is 8.49. The van der Waals surface area contributed by atoms with Gasteiger partial charge in [0, 0.05) is 12.6 Å². The average molecular weight is 253 g/mol. The van der Waals surface area contributed by atoms with Gasteiger partial charge >= 0.3 is 0 Å². The van der Waals surface area contributed by atoms with Gasteiger partial charge in [0.05, 0.1) is 5.54 Å². The molecule has 4 heteroatoms. The number of nitrogens with one attached hydrogen (secondary N) is 1. The summed E-state index contributed by atoms with van der Waals surface area (Å²) in [4.78, 5) is 14.1. The van der Waals surface area contributed by atoms with E-state index in [4.69, 9.17) is 5.73 Å². The molecule has 0 spiro atoms. The van der Waals surface area contributed by atoms with Gasteiger partial charge < -0.3 is 16.0 Å². The summed E-state index contributed by atoms with van der Waals surface area (Å²) in [5, 5.41) is 3.41. The molecule has 2 rings (SSSR count). The van der Waals surface area contributed by atoms with Gasteiger partial charge in [0.2, 0.25) is 5.91 Å². The van der Waals surface area contributed by atoms with Gasteiger partial charge in [0.15, 0.2) is 0 Å². The lowest BCUT2D eigenvalue weighted by Crippen LogP contribution is -2.54. The molecule has 1 saturated carbocycles. The number of nitrogens with zero attached hydrogens (tertiary/aromatic N) is 1. The van der Waals surface area contributed by atoms with Gasteiger partial charge in [-0.2, -0.15) is 0 Å². The monoisotopic (exact) mass is 253 g/mol. The van der Waals surface area contributed by atoms with E-state index in [0.29, 0.717) is 6.04 Å². The highest BCUT2D eigenvalue weighted by atomic mass is 16.1. The van der Waals surface area contributed by atoms with E-state index in [1.54, 1.807) is 0 Å². The molecular formula is C14H27N3O. The number of hydrogen-bond donors (Lipinski definition) is 2. The van der Waals surface area contributed by atoms with Crippen LogP contribution >= 0.6 is 0 Å². The van der Waals surface area contributed by atoms with E-state index >= 15 is 0 Å². The van der Waals surface area contributed by atoms with Gasteiger partial charge in [-0.25, -0.2) is 0 Å². The van der Waals surface area contributed by atoms with Crippen LogP contribution in [0.2, 0.25) is 0 Å². The number of carbonyl (C=O) groups is 1. The third-order valence-corrected chi connectivity index (χ3v) is 4.30. The van der Waals surface area contributed by atoms with E-state index in [0.717, 1.165) is 25.3 Å². The standard InChI is InChI=1S/C14H27N3O/c1-11-6-9-17(10-11)8-3-7-14(2,13(15)18)16-12-4-5-12/h11-12,16H,3-10H2,1-2H3,(H2,15,18). The Labute approximate surface area is 110 Å². The largest absolute Gasteiger partial charge is 0.368 e. The zero-order valence-electron chi connectivity index (χ0n) is 11.7. The maximum absolute atomic E-state index is 11.6. The molecule has 1 amide bonds. The third-order valence-electron chi connectivity index (χ3n) is 4.30. The molecule has 2 fully saturated rings. The topological polar surface area (TPSA) is 58.4 Å². The zero-order chi connectivity index (χ0) is 13.2. The molecule has 0 aromatic carbocycles. The Hall–Kier alpha value is -0.610. The van der Waals surface area contributed by atoms with Gasteiger partial charge in [0.1, 0.15) is 0 Å². The molecule has 1 aliphatic heterocycles. The molecule has 0 radical (unpaired) electrons. The minimum Gasteiger partial charge on any atom is -0.368 e. The predicted octanol–water partition coefficient (Wildman–Crippen LogP) is 1.10. The zero-order valence-corrected chi connectivity index (χ0v) is 11.7. The highest BCUT2D eigenvalue weighted by molar-refractivity contribution is 5.84. The van der Waals surface area contributed by atoms with Crippen molar-refractivity contribution in [1.29, 1.82) is 0 Å². The summed E-state index contributed by atoms with van der Waals surface area (Å²) in [7, 11) is 0. The van der Waals surface area contributed by atoms with E-state index in [-0.39, 0.29) is 5.91 Å². The highest BCUT2D eigenvalue weighted by Crippen LogP contribution is 2.25. The highest BCUT2D eigenvalue weighted by Gasteiger charge is 2.36. The Morgan fingerprint density at radius 1 is 1.44 bits per heavy atom. The smallest absolute Gasteiger partial charge is 0.237 e. The maximum Gasteiger partial charge on any atom is 0.237 e. The maximum atomic E-state index is 11.6. The number of rotatable bonds is 7. The van der Waals surface area contributed by atoms with Gasteiger partial charge in [-0.3, -0.25) is 4.79 Å². The molecule has 2 unspecified atom stereocenters. The number of nitrogens with two attached hydrogens (primary N) is 1. The van der Waals surface area contributed by atoms with Gasteiger partial charge in [-0.05, 0) is 58.0 Å². The minimum absolute atomic E-state index is 0.204. The van der Waals surface area contributed by atoms with Crippen molar-refractivity contribution < 1.29 is 4.79 Å². The average Bonchev–Trinajstić information content (AvgIpc) is 3.00. The van der Waals surface area contributed by atoms with Crippen molar-refractivity contribution in [3.05, 3.63) is 0 Å². The summed E-state index contributed by atoms with van der Waals surface area (Å²) >= 11 is 0. The van der Waals surface area contributed by atoms with Crippen LogP contribution < -0.4 is 11.1 Å². The molecule has 1 heterocycles. The van der Waals surface area contributed by atoms with Crippen LogP contribution in [0.1, 0.15) is 46.0 Å². The van der Waals surface area contributed by atoms with Crippen LogP contribution in [-0.2, 0) is 4.79 Å². The van der Waals surface area contributed by atoms with E-state index < -0.39 is 5.54 Å². The molecule has 104 valence electrons. The van der Waals surface area contributed by atoms with E-state index in [1.807, 2.05) is 6.92 Å². The first-order valence-electron chi connectivity index (χ1n) is 7.29. The quantitative estimate of drug-likeness (QED) is 0.714. The molecule has 0 aromatic rings. The van der Waals surface area contributed by atoms with Crippen LogP contribution in [0.5, 0.6) is 0 Å². The summed E-state index contributed by atoms with van der Waals surface area (Å²) in [6, 6.07) is 0.523. The molecule has 1 saturated heterocycles. The van der Waals surface area contributed by atoms with Crippen molar-refractivity contribution in [2.24, 2.45) is 11.7 Å². The number of primary amides is 1. The molecule has 0 aromatic heterocycles. The second-order valence-corrected chi connectivity index (χ2v) is 6.41. The molecule has 3 N–H and O–H groups in total. The summed E-state index contributed by atoms with van der Waals surface area (Å²) in [6.45, 7) is 7.79. The van der Waals surface area contributed by atoms with Crippen LogP contribution in [-0.4, -0.2) is 42.0 Å². The lowest BCUT2D eigenvalue weighted by atomic mass is 9.94. The van der Waals surface area contributed by atoms with Crippen LogP contribution in [0.15, 0.2) is 0 Å². The van der Waals surface area contributed by atoms with Crippen LogP contribution in [0.3, 0.4) is 0 Å². The van der Waals surface area contributed by atoms with Gasteiger partial charge in [-0.1, -0.05) is 6.92 Å². The first kappa shape index (κ1) is 13.8. The van der Waals surface area contributed by atoms with Gasteiger partial charge in [0.25, 0.3) is 0 Å². The normalized spacial score (nSPS) is 28.2. The Balaban J connectivity index is 1.73. The number of carbonyl (C=O) groups excluding carboxylic acids is 1. The van der Waals surface area contributed by atoms with Crippen LogP contribution in [0.4, 0.5) is 0 Å². The molecular weight excluding hydrogens is 226 g/mol. The predicted molar refractivity (Wildman–Crippen MR) is 73.2 cm³/mol. The van der Waals surface area contributed by atoms with E-state index in [1.165, 1.54) is 32.4 Å². The van der Waals surface area contributed by atoms with Crippen molar-refractivity contribution in [3.8, 4) is 0 Å². The fourth-order valence-corrected chi connectivity index (χ4v) is 2.83. The number of hydrogen-bond acceptors (Lipinski definition) is 3. The molecule has 18 heavy (non-hydrogen) atoms. The summed E-state index contributed by atoms with van der Waals surface area (Å²) in [6.07, 6.45) is 5.59. The van der Waals surface area contributed by atoms with Crippen molar-refractivity contribution in [2.75, 3.05) is 19.6 Å². The van der Waals surface area contributed by atoms with E-state index in [9.17, 15) is 4.79 Å². The fourth-order valence-electron chi connectivity index (χ4n) is 2.83. The second-order valence-electron chi connectivity index (χ2n) is 6.41. The van der Waals surface area contributed by atoms with Crippen molar-refractivity contribution >= 4 is 5.91 Å². The van der Waals surface area contributed by atoms with Crippen LogP contribution in [0, 0.1) is 5.92 Å². The van der Waals surface area contributed by atoms with Crippen molar-refractivity contribution in [3.63, 3.8) is 0 Å². The Kier molecular flexibility index (Phi) is 4.28. The summed E-state index contributed by atoms with van der Waals surface area (Å²) < 4.78 is 0. The second kappa shape index (κ2) is 5.57. The lowest BCUT2D eigenvalue weighted by Gasteiger charge is -2.28. The van der Waals surface area contributed by atoms with Crippen LogP contribution in [0.25, 0.3) is 0 Å². The Morgan fingerprint density at radius 2 is 2.17 bits per heavy atom. The molecule has 1 aliphatic carbocycles. The van der Waals surface area contributed by atoms with E-state index in [2.05, 4.69) is 17.1 Å². The molecule has 0 bridgehead atoms. The lowest BCUT2D eigenvalue weighted by molar-refractivity contribution is -0.124. The summed E-state index contributed by atoms with van der Waals surface area (Å²) in [5.74, 6) is 0.626. The van der Waals surface area contributed by atoms with Crippen molar-refractivity contribution in [1.82, 2.24) is 10.2 Å². The molecule has 2 aliphatic rings. The SMILES string of the molecule is CC1CCN(CCCC(C)(NC2CC2)C(N)=O)C1. The Morgan fingerprint density at radius 3 is 2.67 bits per heavy atom. The first-order valence-corrected chi connectivity index (χ1v) is 7.29. The van der Waals surface area contributed by atoms with Gasteiger partial charge in [-0.15, -0.1) is 0 Å². The third kappa shape index (κ3) is 3.69. The molecule has 2 atom stereocenters. The van der Waals surface area contributed by atoms with Crippen molar-refractivity contribution in [2.45, 2.75) is 57.5 Å². The minimum atomic E-state index is -0.507. The number of amides is 1. The Bertz CT molecular complexity index is 303. The molecule has 4 nitrogen and oxygen atoms in total.